The van der Waals surface area contributed by atoms with Crippen LogP contribution in [0.4, 0.5) is 0 Å². The predicted octanol–water partition coefficient (Wildman–Crippen LogP) is 0.884. The lowest BCUT2D eigenvalue weighted by atomic mass is 9.92. The van der Waals surface area contributed by atoms with Gasteiger partial charge in [0, 0.05) is 72.1 Å². The van der Waals surface area contributed by atoms with Gasteiger partial charge in [0.2, 0.25) is 5.91 Å². The standard InChI is InChI=1S/C55H109NO32P4S4/c1-39-46(61)48(63)42(32-57)86-52(39)76-22-9-12-26-80-90(68,94)83-29-15-19-73-36-55(35-72-18-7-5-6-8-25-79-89(67,93)71-4,37-74-20-16-30-84-91(69,95)81-27-13-10-23-77-53-40(2)47(62)49(64)43(33-58)87-53)38-75-21-17-31-85-92(70,96)82-28-14-11-24-78-54-45(56-41(3)60)51(66)50(65)44(34-59)88-54/h39-40,42-54,57-59,61-66H,5-38H2,1-4H3,(H,56,60)(H,67,93)(H,68,94)(H,69,95)(H,70,96)/t39-,40?,42?,43?,44?,45?,46?,47+,48-,49-,50-,51+,52+,53+,54+,55?,89?,90?,91?,92?/m0/s1. The van der Waals surface area contributed by atoms with Crippen LogP contribution >= 0.6 is 26.9 Å². The van der Waals surface area contributed by atoms with Crippen molar-refractivity contribution in [1.82, 2.24) is 5.32 Å². The van der Waals surface area contributed by atoms with Crippen LogP contribution < -0.4 is 5.32 Å². The molecular weight excluding hydrogens is 1440 g/mol. The first kappa shape index (κ1) is 91.0. The number of rotatable bonds is 57. The molecule has 0 saturated carbocycles. The third kappa shape index (κ3) is 36.7. The van der Waals surface area contributed by atoms with Crippen LogP contribution in [0.15, 0.2) is 0 Å². The van der Waals surface area contributed by atoms with Gasteiger partial charge in [-0.3, -0.25) is 4.79 Å². The van der Waals surface area contributed by atoms with E-state index < -0.39 is 150 Å². The number of carbonyl (C=O) groups is 1. The van der Waals surface area contributed by atoms with E-state index in [1.54, 1.807) is 13.8 Å². The van der Waals surface area contributed by atoms with Gasteiger partial charge >= 0.3 is 26.9 Å². The maximum Gasteiger partial charge on any atom is 0.324 e. The number of hydrogen-bond acceptors (Lipinski definition) is 32. The Morgan fingerprint density at radius 3 is 1.00 bits per heavy atom. The van der Waals surface area contributed by atoms with Crippen LogP contribution in [0, 0.1) is 17.3 Å². The van der Waals surface area contributed by atoms with Crippen LogP contribution in [0.25, 0.3) is 0 Å². The summed E-state index contributed by atoms with van der Waals surface area (Å²) in [6.07, 6.45) is -7.42. The van der Waals surface area contributed by atoms with Crippen LogP contribution in [0.2, 0.25) is 0 Å². The molecule has 33 nitrogen and oxygen atoms in total. The number of ether oxygens (including phenoxy) is 10. The van der Waals surface area contributed by atoms with Crippen molar-refractivity contribution >= 4 is 80.0 Å². The number of aliphatic hydroxyl groups excluding tert-OH is 9. The molecule has 14 N–H and O–H groups in total. The summed E-state index contributed by atoms with van der Waals surface area (Å²) in [5.74, 6) is -1.58. The summed E-state index contributed by atoms with van der Waals surface area (Å²) in [6.45, 7) is -9.51. The Kier molecular flexibility index (Phi) is 47.0. The highest BCUT2D eigenvalue weighted by Gasteiger charge is 2.46. The van der Waals surface area contributed by atoms with Gasteiger partial charge in [-0.25, -0.2) is 0 Å². The van der Waals surface area contributed by atoms with Crippen molar-refractivity contribution in [2.75, 3.05) is 146 Å². The van der Waals surface area contributed by atoms with Crippen LogP contribution in [-0.4, -0.2) is 297 Å². The van der Waals surface area contributed by atoms with E-state index in [4.69, 9.17) is 131 Å². The molecule has 0 aliphatic carbocycles. The normalized spacial score (nSPS) is 29.7. The Labute approximate surface area is 583 Å². The summed E-state index contributed by atoms with van der Waals surface area (Å²) in [4.78, 5) is 54.0. The summed E-state index contributed by atoms with van der Waals surface area (Å²) in [7, 11) is 1.29. The lowest BCUT2D eigenvalue weighted by Crippen LogP contribution is -2.64. The Hall–Kier alpha value is 0.830. The van der Waals surface area contributed by atoms with Crippen LogP contribution in [0.5, 0.6) is 0 Å². The average molecular weight is 1550 g/mol. The monoisotopic (exact) mass is 1550 g/mol. The topological polar surface area (TPSA) is 458 Å². The molecule has 11 unspecified atom stereocenters. The Morgan fingerprint density at radius 2 is 0.667 bits per heavy atom. The summed E-state index contributed by atoms with van der Waals surface area (Å²) < 4.78 is 102. The van der Waals surface area contributed by atoms with Gasteiger partial charge in [-0.1, -0.05) is 26.7 Å². The molecule has 3 aliphatic rings. The molecule has 0 spiro atoms. The fourth-order valence-corrected chi connectivity index (χ4v) is 14.0. The molecule has 0 radical (unpaired) electrons. The smallest absolute Gasteiger partial charge is 0.324 e. The van der Waals surface area contributed by atoms with E-state index in [1.165, 1.54) is 14.0 Å². The molecule has 96 heavy (non-hydrogen) atoms. The zero-order chi connectivity index (χ0) is 71.2. The first-order valence-corrected chi connectivity index (χ1v) is 42.6. The van der Waals surface area contributed by atoms with E-state index in [2.05, 4.69) is 5.32 Å². The molecule has 3 rings (SSSR count). The van der Waals surface area contributed by atoms with Gasteiger partial charge in [-0.05, 0) is 118 Å². The molecule has 20 atom stereocenters. The number of amides is 1. The average Bonchev–Trinajstić information content (AvgIpc) is 0.840. The van der Waals surface area contributed by atoms with E-state index in [1.807, 2.05) is 0 Å². The molecule has 3 heterocycles. The first-order valence-electron chi connectivity index (χ1n) is 32.3. The van der Waals surface area contributed by atoms with Crippen molar-refractivity contribution in [2.24, 2.45) is 17.3 Å². The van der Waals surface area contributed by atoms with Gasteiger partial charge in [0.1, 0.15) is 48.8 Å². The summed E-state index contributed by atoms with van der Waals surface area (Å²) in [5, 5.41) is 92.7. The number of carbonyl (C=O) groups excluding carboxylic acids is 1. The second kappa shape index (κ2) is 49.6. The van der Waals surface area contributed by atoms with Gasteiger partial charge in [0.05, 0.1) is 110 Å². The highest BCUT2D eigenvalue weighted by molar-refractivity contribution is 8.08. The van der Waals surface area contributed by atoms with Gasteiger partial charge in [0.25, 0.3) is 0 Å². The van der Waals surface area contributed by atoms with Gasteiger partial charge < -0.3 is 154 Å². The second-order valence-corrected chi connectivity index (χ2v) is 34.8. The van der Waals surface area contributed by atoms with Crippen molar-refractivity contribution in [2.45, 2.75) is 184 Å². The predicted molar refractivity (Wildman–Crippen MR) is 357 cm³/mol. The van der Waals surface area contributed by atoms with E-state index in [9.17, 15) is 70.3 Å². The Bertz CT molecular complexity index is 2190. The fourth-order valence-electron chi connectivity index (χ4n) is 9.62. The van der Waals surface area contributed by atoms with Crippen LogP contribution in [0.1, 0.15) is 104 Å². The maximum atomic E-state index is 11.8. The van der Waals surface area contributed by atoms with Crippen LogP contribution in [-0.2, 0) is 136 Å². The third-order valence-corrected chi connectivity index (χ3v) is 21.9. The Balaban J connectivity index is 1.56. The van der Waals surface area contributed by atoms with E-state index in [-0.39, 0.29) is 119 Å². The summed E-state index contributed by atoms with van der Waals surface area (Å²) in [5.41, 5.74) is -0.940. The molecule has 0 aromatic carbocycles. The lowest BCUT2D eigenvalue weighted by molar-refractivity contribution is -0.282. The molecule has 570 valence electrons. The van der Waals surface area contributed by atoms with Gasteiger partial charge in [-0.15, -0.1) is 0 Å². The summed E-state index contributed by atoms with van der Waals surface area (Å²) >= 11 is 20.6. The number of nitrogens with one attached hydrogen (secondary N) is 1. The van der Waals surface area contributed by atoms with Crippen molar-refractivity contribution in [1.29, 1.82) is 0 Å². The molecule has 3 fully saturated rings. The maximum absolute atomic E-state index is 11.8. The zero-order valence-corrected chi connectivity index (χ0v) is 62.0. The first-order chi connectivity index (χ1) is 45.6. The van der Waals surface area contributed by atoms with Gasteiger partial charge in [-0.2, -0.15) is 0 Å². The van der Waals surface area contributed by atoms with Crippen molar-refractivity contribution in [3.63, 3.8) is 0 Å². The SMILES string of the molecule is COP(O)(=S)OCCCCCCOCC(COCCCOP(O)(=S)OCCCCO[C@@H]1OC(CO)[C@H](O)[C@H](O)C1C)(COCCCOP(O)(=S)OCCCCO[C@@H]1OC(CO)[C@H](O)[C@H](O)C1NC(C)=O)COCCCOP(O)(=S)OCCCCO[C@@H]1OC(CO)[C@H](O)C(O)[C@@H]1C. The minimum absolute atomic E-state index is 0.000677. The largest absolute Gasteiger partial charge is 0.394 e. The fraction of sp³-hybridized carbons (Fsp3) is 0.982. The molecule has 0 bridgehead atoms. The number of unbranched alkanes of at least 4 members (excludes halogenated alkanes) is 6. The molecule has 1 amide bonds. The van der Waals surface area contributed by atoms with E-state index in [0.717, 1.165) is 12.8 Å². The summed E-state index contributed by atoms with van der Waals surface area (Å²) in [6, 6.07) is -1.10. The highest BCUT2D eigenvalue weighted by Crippen LogP contribution is 2.46. The molecule has 0 aromatic heterocycles. The highest BCUT2D eigenvalue weighted by atomic mass is 32.5. The zero-order valence-electron chi connectivity index (χ0n) is 55.2. The van der Waals surface area contributed by atoms with Crippen molar-refractivity contribution < 1.29 is 154 Å². The lowest BCUT2D eigenvalue weighted by Gasteiger charge is -2.42. The molecular formula is C55H109NO32P4S4. The van der Waals surface area contributed by atoms with Gasteiger partial charge in [0.15, 0.2) is 18.9 Å². The number of aliphatic hydroxyl groups is 9. The molecule has 3 saturated heterocycles. The number of hydrogen-bond donors (Lipinski definition) is 14. The van der Waals surface area contributed by atoms with Crippen molar-refractivity contribution in [3.05, 3.63) is 0 Å². The third-order valence-electron chi connectivity index (χ3n) is 15.2. The van der Waals surface area contributed by atoms with E-state index in [0.29, 0.717) is 70.8 Å². The minimum atomic E-state index is -3.70. The molecule has 41 heteroatoms. The van der Waals surface area contributed by atoms with Crippen molar-refractivity contribution in [3.8, 4) is 0 Å². The molecule has 0 aromatic rings. The Morgan fingerprint density at radius 1 is 0.396 bits per heavy atom. The van der Waals surface area contributed by atoms with Crippen LogP contribution in [0.3, 0.4) is 0 Å². The van der Waals surface area contributed by atoms with E-state index >= 15 is 0 Å². The second-order valence-electron chi connectivity index (χ2n) is 23.4. The minimum Gasteiger partial charge on any atom is -0.394 e. The quantitative estimate of drug-likeness (QED) is 0.0297. The molecule has 3 aliphatic heterocycles.